The Bertz CT molecular complexity index is 431. The normalized spacial score (nSPS) is 22.0. The topological polar surface area (TPSA) is 47.7 Å². The molecule has 1 aromatic rings. The van der Waals surface area contributed by atoms with Gasteiger partial charge in [0.2, 0.25) is 0 Å². The van der Waals surface area contributed by atoms with E-state index in [2.05, 4.69) is 11.8 Å². The summed E-state index contributed by atoms with van der Waals surface area (Å²) < 4.78 is 11.5. The molecule has 2 atom stereocenters. The van der Waals surface area contributed by atoms with E-state index in [1.165, 1.54) is 12.8 Å². The van der Waals surface area contributed by atoms with Crippen LogP contribution in [0.3, 0.4) is 0 Å². The van der Waals surface area contributed by atoms with E-state index in [1.54, 1.807) is 0 Å². The Labute approximate surface area is 140 Å². The van der Waals surface area contributed by atoms with Crippen molar-refractivity contribution in [1.29, 1.82) is 0 Å². The van der Waals surface area contributed by atoms with Crippen LogP contribution in [0.25, 0.3) is 0 Å². The molecule has 0 aromatic heterocycles. The van der Waals surface area contributed by atoms with Gasteiger partial charge in [0.05, 0.1) is 6.61 Å². The predicted octanol–water partition coefficient (Wildman–Crippen LogP) is 2.95. The molecule has 126 valence electrons. The minimum absolute atomic E-state index is 0. The third-order valence-corrected chi connectivity index (χ3v) is 4.16. The standard InChI is InChI=1S/C17H28N2O2.ClH/c1-3-20-16-6-4-5-7-17(16)21-11-10-19-9-8-14(2)12-15(19)13-18;/h4-7,14-15H,3,8-13,18H2,1-2H3;1H. The monoisotopic (exact) mass is 328 g/mol. The molecule has 1 aromatic carbocycles. The van der Waals surface area contributed by atoms with Gasteiger partial charge < -0.3 is 15.2 Å². The van der Waals surface area contributed by atoms with Crippen LogP contribution >= 0.6 is 12.4 Å². The van der Waals surface area contributed by atoms with E-state index < -0.39 is 0 Å². The highest BCUT2D eigenvalue weighted by Crippen LogP contribution is 2.26. The van der Waals surface area contributed by atoms with Crippen LogP contribution in [0.5, 0.6) is 11.5 Å². The quantitative estimate of drug-likeness (QED) is 0.836. The Balaban J connectivity index is 0.00000242. The van der Waals surface area contributed by atoms with Crippen LogP contribution in [0, 0.1) is 5.92 Å². The number of piperidine rings is 1. The Kier molecular flexibility index (Phi) is 8.61. The molecule has 0 bridgehead atoms. The van der Waals surface area contributed by atoms with E-state index in [4.69, 9.17) is 15.2 Å². The lowest BCUT2D eigenvalue weighted by molar-refractivity contribution is 0.102. The average Bonchev–Trinajstić information content (AvgIpc) is 2.50. The first-order chi connectivity index (χ1) is 10.2. The largest absolute Gasteiger partial charge is 0.490 e. The predicted molar refractivity (Wildman–Crippen MR) is 93.2 cm³/mol. The van der Waals surface area contributed by atoms with E-state index in [0.717, 1.165) is 37.1 Å². The number of likely N-dealkylation sites (tertiary alicyclic amines) is 1. The van der Waals surface area contributed by atoms with Gasteiger partial charge in [-0.2, -0.15) is 0 Å². The molecule has 0 radical (unpaired) electrons. The molecule has 1 aliphatic heterocycles. The third kappa shape index (κ3) is 5.34. The molecule has 4 nitrogen and oxygen atoms in total. The fraction of sp³-hybridized carbons (Fsp3) is 0.647. The highest BCUT2D eigenvalue weighted by atomic mass is 35.5. The van der Waals surface area contributed by atoms with Gasteiger partial charge in [-0.3, -0.25) is 4.90 Å². The second-order valence-electron chi connectivity index (χ2n) is 5.78. The van der Waals surface area contributed by atoms with Crippen molar-refractivity contribution in [3.05, 3.63) is 24.3 Å². The lowest BCUT2D eigenvalue weighted by Gasteiger charge is -2.37. The Hall–Kier alpha value is -0.970. The number of rotatable bonds is 7. The number of halogens is 1. The van der Waals surface area contributed by atoms with E-state index in [0.29, 0.717) is 19.3 Å². The maximum atomic E-state index is 5.90. The Morgan fingerprint density at radius 2 is 1.91 bits per heavy atom. The molecule has 0 spiro atoms. The SMILES string of the molecule is CCOc1ccccc1OCCN1CCC(C)CC1CN.Cl. The molecule has 2 unspecified atom stereocenters. The Morgan fingerprint density at radius 3 is 2.55 bits per heavy atom. The number of nitrogens with zero attached hydrogens (tertiary/aromatic N) is 1. The summed E-state index contributed by atoms with van der Waals surface area (Å²) in [5.74, 6) is 2.44. The van der Waals surface area contributed by atoms with Gasteiger partial charge in [0.25, 0.3) is 0 Å². The van der Waals surface area contributed by atoms with Gasteiger partial charge in [0.15, 0.2) is 11.5 Å². The fourth-order valence-corrected chi connectivity index (χ4v) is 2.96. The number of para-hydroxylation sites is 2. The van der Waals surface area contributed by atoms with Crippen molar-refractivity contribution in [2.75, 3.05) is 32.8 Å². The molecular weight excluding hydrogens is 300 g/mol. The number of ether oxygens (including phenoxy) is 2. The van der Waals surface area contributed by atoms with Gasteiger partial charge in [0.1, 0.15) is 6.61 Å². The van der Waals surface area contributed by atoms with Gasteiger partial charge >= 0.3 is 0 Å². The number of benzene rings is 1. The van der Waals surface area contributed by atoms with Crippen molar-refractivity contribution in [3.63, 3.8) is 0 Å². The molecular formula is C17H29ClN2O2. The zero-order valence-corrected chi connectivity index (χ0v) is 14.5. The highest BCUT2D eigenvalue weighted by Gasteiger charge is 2.24. The summed E-state index contributed by atoms with van der Waals surface area (Å²) in [5, 5.41) is 0. The van der Waals surface area contributed by atoms with E-state index in [1.807, 2.05) is 31.2 Å². The molecule has 0 amide bonds. The van der Waals surface area contributed by atoms with Crippen LogP contribution < -0.4 is 15.2 Å². The second kappa shape index (κ2) is 9.93. The van der Waals surface area contributed by atoms with Crippen LogP contribution in [0.15, 0.2) is 24.3 Å². The first-order valence-electron chi connectivity index (χ1n) is 8.03. The van der Waals surface area contributed by atoms with Crippen molar-refractivity contribution in [2.24, 2.45) is 11.7 Å². The smallest absolute Gasteiger partial charge is 0.161 e. The summed E-state index contributed by atoms with van der Waals surface area (Å²) >= 11 is 0. The summed E-state index contributed by atoms with van der Waals surface area (Å²) in [6.07, 6.45) is 2.46. The van der Waals surface area contributed by atoms with Crippen LogP contribution in [0.4, 0.5) is 0 Å². The van der Waals surface area contributed by atoms with Crippen molar-refractivity contribution in [2.45, 2.75) is 32.7 Å². The number of nitrogens with two attached hydrogens (primary N) is 1. The molecule has 1 saturated heterocycles. The zero-order valence-electron chi connectivity index (χ0n) is 13.7. The summed E-state index contributed by atoms with van der Waals surface area (Å²) in [5.41, 5.74) is 5.90. The van der Waals surface area contributed by atoms with Crippen molar-refractivity contribution in [3.8, 4) is 11.5 Å². The molecule has 0 saturated carbocycles. The lowest BCUT2D eigenvalue weighted by Crippen LogP contribution is -2.47. The van der Waals surface area contributed by atoms with Crippen LogP contribution in [0.1, 0.15) is 26.7 Å². The highest BCUT2D eigenvalue weighted by molar-refractivity contribution is 5.85. The van der Waals surface area contributed by atoms with Crippen LogP contribution in [-0.4, -0.2) is 43.8 Å². The molecule has 22 heavy (non-hydrogen) atoms. The lowest BCUT2D eigenvalue weighted by atomic mass is 9.92. The van der Waals surface area contributed by atoms with Crippen LogP contribution in [-0.2, 0) is 0 Å². The Morgan fingerprint density at radius 1 is 1.23 bits per heavy atom. The molecule has 5 heteroatoms. The van der Waals surface area contributed by atoms with Crippen molar-refractivity contribution < 1.29 is 9.47 Å². The average molecular weight is 329 g/mol. The number of hydrogen-bond donors (Lipinski definition) is 1. The van der Waals surface area contributed by atoms with E-state index in [9.17, 15) is 0 Å². The van der Waals surface area contributed by atoms with E-state index in [-0.39, 0.29) is 12.4 Å². The molecule has 2 N–H and O–H groups in total. The molecule has 1 heterocycles. The van der Waals surface area contributed by atoms with Gasteiger partial charge in [-0.15, -0.1) is 12.4 Å². The second-order valence-corrected chi connectivity index (χ2v) is 5.78. The van der Waals surface area contributed by atoms with Gasteiger partial charge in [-0.25, -0.2) is 0 Å². The van der Waals surface area contributed by atoms with Crippen molar-refractivity contribution in [1.82, 2.24) is 4.90 Å². The first kappa shape index (κ1) is 19.1. The van der Waals surface area contributed by atoms with Gasteiger partial charge in [-0.1, -0.05) is 19.1 Å². The third-order valence-electron chi connectivity index (χ3n) is 4.16. The van der Waals surface area contributed by atoms with E-state index >= 15 is 0 Å². The van der Waals surface area contributed by atoms with Gasteiger partial charge in [0, 0.05) is 19.1 Å². The fourth-order valence-electron chi connectivity index (χ4n) is 2.96. The molecule has 1 aliphatic rings. The summed E-state index contributed by atoms with van der Waals surface area (Å²) in [7, 11) is 0. The maximum Gasteiger partial charge on any atom is 0.161 e. The summed E-state index contributed by atoms with van der Waals surface area (Å²) in [6, 6.07) is 8.35. The zero-order chi connectivity index (χ0) is 15.1. The van der Waals surface area contributed by atoms with Crippen LogP contribution in [0.2, 0.25) is 0 Å². The van der Waals surface area contributed by atoms with Gasteiger partial charge in [-0.05, 0) is 44.4 Å². The maximum absolute atomic E-state index is 5.90. The molecule has 2 rings (SSSR count). The number of hydrogen-bond acceptors (Lipinski definition) is 4. The summed E-state index contributed by atoms with van der Waals surface area (Å²) in [4.78, 5) is 2.46. The van der Waals surface area contributed by atoms with Crippen molar-refractivity contribution >= 4 is 12.4 Å². The molecule has 1 fully saturated rings. The minimum Gasteiger partial charge on any atom is -0.490 e. The first-order valence-corrected chi connectivity index (χ1v) is 8.03. The molecule has 0 aliphatic carbocycles. The minimum atomic E-state index is 0. The summed E-state index contributed by atoms with van der Waals surface area (Å²) in [6.45, 7) is 8.41.